The maximum absolute atomic E-state index is 12.5. The lowest BCUT2D eigenvalue weighted by Gasteiger charge is -2.12. The third-order valence-corrected chi connectivity index (χ3v) is 4.59. The second kappa shape index (κ2) is 9.14. The van der Waals surface area contributed by atoms with E-state index in [1.807, 2.05) is 6.07 Å². The van der Waals surface area contributed by atoms with Gasteiger partial charge in [-0.05, 0) is 42.0 Å². The van der Waals surface area contributed by atoms with Crippen LogP contribution < -0.4 is 4.74 Å². The van der Waals surface area contributed by atoms with Crippen molar-refractivity contribution >= 4 is 40.8 Å². The smallest absolute Gasteiger partial charge is 0.342 e. The molecule has 3 aromatic carbocycles. The molecule has 0 spiro atoms. The first-order chi connectivity index (χ1) is 13.0. The van der Waals surface area contributed by atoms with Gasteiger partial charge in [0.2, 0.25) is 0 Å². The molecule has 3 aromatic rings. The third-order valence-electron chi connectivity index (χ3n) is 3.76. The van der Waals surface area contributed by atoms with Gasteiger partial charge >= 0.3 is 5.97 Å². The molecule has 0 fully saturated rings. The van der Waals surface area contributed by atoms with Crippen LogP contribution in [0.25, 0.3) is 0 Å². The average Bonchev–Trinajstić information content (AvgIpc) is 2.66. The zero-order chi connectivity index (χ0) is 19.2. The van der Waals surface area contributed by atoms with Crippen LogP contribution in [0, 0.1) is 0 Å². The zero-order valence-electron chi connectivity index (χ0n) is 14.1. The molecule has 0 saturated carbocycles. The molecule has 0 N–H and O–H groups in total. The Kier molecular flexibility index (Phi) is 6.62. The topological polar surface area (TPSA) is 35.5 Å². The molecular formula is C21H15Cl3O3. The molecule has 27 heavy (non-hydrogen) atoms. The summed E-state index contributed by atoms with van der Waals surface area (Å²) < 4.78 is 11.2. The fourth-order valence-electron chi connectivity index (χ4n) is 2.41. The highest BCUT2D eigenvalue weighted by atomic mass is 35.5. The van der Waals surface area contributed by atoms with E-state index in [0.717, 1.165) is 11.1 Å². The Labute approximate surface area is 172 Å². The molecule has 0 aliphatic rings. The van der Waals surface area contributed by atoms with Crippen molar-refractivity contribution < 1.29 is 14.3 Å². The number of ether oxygens (including phenoxy) is 2. The zero-order valence-corrected chi connectivity index (χ0v) is 16.4. The van der Waals surface area contributed by atoms with Crippen LogP contribution in [0.2, 0.25) is 15.1 Å². The number of benzene rings is 3. The predicted octanol–water partition coefficient (Wildman–Crippen LogP) is 6.58. The highest BCUT2D eigenvalue weighted by Crippen LogP contribution is 2.25. The van der Waals surface area contributed by atoms with Crippen molar-refractivity contribution in [2.45, 2.75) is 13.2 Å². The minimum absolute atomic E-state index is 0.122. The predicted molar refractivity (Wildman–Crippen MR) is 108 cm³/mol. The molecule has 138 valence electrons. The quantitative estimate of drug-likeness (QED) is 0.422. The Balaban J connectivity index is 1.68. The summed E-state index contributed by atoms with van der Waals surface area (Å²) in [5.41, 5.74) is 1.91. The minimum Gasteiger partial charge on any atom is -0.488 e. The maximum atomic E-state index is 12.5. The summed E-state index contributed by atoms with van der Waals surface area (Å²) in [4.78, 5) is 12.5. The average molecular weight is 422 g/mol. The number of rotatable bonds is 6. The highest BCUT2D eigenvalue weighted by Gasteiger charge is 2.14. The van der Waals surface area contributed by atoms with Gasteiger partial charge in [0.25, 0.3) is 0 Å². The Morgan fingerprint density at radius 3 is 2.37 bits per heavy atom. The van der Waals surface area contributed by atoms with Gasteiger partial charge in [0.1, 0.15) is 24.5 Å². The summed E-state index contributed by atoms with van der Waals surface area (Å²) in [6.45, 7) is 0.325. The van der Waals surface area contributed by atoms with Crippen molar-refractivity contribution in [2.75, 3.05) is 0 Å². The molecule has 0 aliphatic heterocycles. The minimum atomic E-state index is -0.479. The molecule has 0 atom stereocenters. The molecule has 0 heterocycles. The van der Waals surface area contributed by atoms with Crippen LogP contribution in [0.3, 0.4) is 0 Å². The standard InChI is InChI=1S/C21H15Cl3O3/c22-16-5-3-4-14(10-16)12-27-21(25)18-6-1-2-7-20(18)26-13-15-8-9-17(23)11-19(15)24/h1-11H,12-13H2. The second-order valence-corrected chi connectivity index (χ2v) is 7.01. The Morgan fingerprint density at radius 2 is 1.59 bits per heavy atom. The van der Waals surface area contributed by atoms with Crippen molar-refractivity contribution in [3.05, 3.63) is 98.5 Å². The van der Waals surface area contributed by atoms with Gasteiger partial charge in [0, 0.05) is 20.6 Å². The van der Waals surface area contributed by atoms with Crippen LogP contribution >= 0.6 is 34.8 Å². The number of carbonyl (C=O) groups excluding carboxylic acids is 1. The molecule has 0 aliphatic carbocycles. The molecule has 3 rings (SSSR count). The van der Waals surface area contributed by atoms with Gasteiger partial charge in [-0.1, -0.05) is 65.1 Å². The van der Waals surface area contributed by atoms with E-state index in [9.17, 15) is 4.79 Å². The fourth-order valence-corrected chi connectivity index (χ4v) is 3.08. The monoisotopic (exact) mass is 420 g/mol. The number of para-hydroxylation sites is 1. The molecule has 6 heteroatoms. The van der Waals surface area contributed by atoms with Crippen LogP contribution in [-0.4, -0.2) is 5.97 Å². The molecule has 0 amide bonds. The van der Waals surface area contributed by atoms with Gasteiger partial charge in [0.05, 0.1) is 0 Å². The van der Waals surface area contributed by atoms with Gasteiger partial charge in [-0.15, -0.1) is 0 Å². The molecule has 3 nitrogen and oxygen atoms in total. The lowest BCUT2D eigenvalue weighted by molar-refractivity contribution is 0.0467. The van der Waals surface area contributed by atoms with E-state index < -0.39 is 5.97 Å². The first-order valence-corrected chi connectivity index (χ1v) is 9.23. The fraction of sp³-hybridized carbons (Fsp3) is 0.0952. The van der Waals surface area contributed by atoms with Crippen LogP contribution in [0.15, 0.2) is 66.7 Å². The maximum Gasteiger partial charge on any atom is 0.342 e. The van der Waals surface area contributed by atoms with Crippen molar-refractivity contribution in [3.8, 4) is 5.75 Å². The van der Waals surface area contributed by atoms with Crippen LogP contribution in [0.4, 0.5) is 0 Å². The molecule has 0 aromatic heterocycles. The summed E-state index contributed by atoms with van der Waals surface area (Å²) in [5, 5.41) is 1.64. The summed E-state index contributed by atoms with van der Waals surface area (Å²) in [6.07, 6.45) is 0. The Bertz CT molecular complexity index is 957. The second-order valence-electron chi connectivity index (χ2n) is 5.73. The van der Waals surface area contributed by atoms with Crippen molar-refractivity contribution in [1.29, 1.82) is 0 Å². The van der Waals surface area contributed by atoms with Gasteiger partial charge < -0.3 is 9.47 Å². The van der Waals surface area contributed by atoms with Crippen molar-refractivity contribution in [2.24, 2.45) is 0 Å². The number of halogens is 3. The summed E-state index contributed by atoms with van der Waals surface area (Å²) in [6, 6.07) is 19.2. The van der Waals surface area contributed by atoms with Crippen molar-refractivity contribution in [1.82, 2.24) is 0 Å². The van der Waals surface area contributed by atoms with E-state index in [1.54, 1.807) is 60.7 Å². The van der Waals surface area contributed by atoms with Crippen LogP contribution in [0.5, 0.6) is 5.75 Å². The summed E-state index contributed by atoms with van der Waals surface area (Å²) in [7, 11) is 0. The lowest BCUT2D eigenvalue weighted by Crippen LogP contribution is -2.08. The lowest BCUT2D eigenvalue weighted by atomic mass is 10.2. The van der Waals surface area contributed by atoms with Gasteiger partial charge in [-0.3, -0.25) is 0 Å². The van der Waals surface area contributed by atoms with Gasteiger partial charge in [-0.25, -0.2) is 4.79 Å². The SMILES string of the molecule is O=C(OCc1cccc(Cl)c1)c1ccccc1OCc1ccc(Cl)cc1Cl. The van der Waals surface area contributed by atoms with E-state index in [4.69, 9.17) is 44.3 Å². The van der Waals surface area contributed by atoms with Crippen molar-refractivity contribution in [3.63, 3.8) is 0 Å². The first kappa shape index (κ1) is 19.6. The normalized spacial score (nSPS) is 10.5. The van der Waals surface area contributed by atoms with E-state index in [2.05, 4.69) is 0 Å². The van der Waals surface area contributed by atoms with Crippen LogP contribution in [-0.2, 0) is 18.0 Å². The van der Waals surface area contributed by atoms with Gasteiger partial charge in [0.15, 0.2) is 0 Å². The molecule has 0 saturated heterocycles. The molecule has 0 radical (unpaired) electrons. The molecular weight excluding hydrogens is 407 g/mol. The highest BCUT2D eigenvalue weighted by molar-refractivity contribution is 6.35. The van der Waals surface area contributed by atoms with E-state index in [1.165, 1.54) is 0 Å². The number of carbonyl (C=O) groups is 1. The third kappa shape index (κ3) is 5.39. The number of esters is 1. The van der Waals surface area contributed by atoms with Gasteiger partial charge in [-0.2, -0.15) is 0 Å². The summed E-state index contributed by atoms with van der Waals surface area (Å²) >= 11 is 18.0. The molecule has 0 bridgehead atoms. The molecule has 0 unspecified atom stereocenters. The summed E-state index contributed by atoms with van der Waals surface area (Å²) in [5.74, 6) is -0.0626. The number of hydrogen-bond acceptors (Lipinski definition) is 3. The number of hydrogen-bond donors (Lipinski definition) is 0. The van der Waals surface area contributed by atoms with E-state index in [0.29, 0.717) is 26.4 Å². The Morgan fingerprint density at radius 1 is 0.815 bits per heavy atom. The largest absolute Gasteiger partial charge is 0.488 e. The first-order valence-electron chi connectivity index (χ1n) is 8.10. The van der Waals surface area contributed by atoms with E-state index >= 15 is 0 Å². The van der Waals surface area contributed by atoms with Crippen LogP contribution in [0.1, 0.15) is 21.5 Å². The Hall–Kier alpha value is -2.20. The van der Waals surface area contributed by atoms with E-state index in [-0.39, 0.29) is 13.2 Å².